The van der Waals surface area contributed by atoms with Gasteiger partial charge in [0.2, 0.25) is 11.9 Å². The van der Waals surface area contributed by atoms with Gasteiger partial charge in [0.25, 0.3) is 17.0 Å². The average Bonchev–Trinajstić information content (AvgIpc) is 3.77. The Morgan fingerprint density at radius 2 is 1.21 bits per heavy atom. The third-order valence-corrected chi connectivity index (χ3v) is 7.98. The lowest BCUT2D eigenvalue weighted by Gasteiger charge is -2.12. The molecule has 0 saturated heterocycles. The summed E-state index contributed by atoms with van der Waals surface area (Å²) in [5.74, 6) is -9.91. The highest BCUT2D eigenvalue weighted by Gasteiger charge is 2.25. The molecule has 23 nitrogen and oxygen atoms in total. The van der Waals surface area contributed by atoms with E-state index in [0.717, 1.165) is 47.7 Å². The maximum Gasteiger partial charge on any atom is 0.336 e. The fourth-order valence-corrected chi connectivity index (χ4v) is 5.44. The Morgan fingerprint density at radius 1 is 0.696 bits per heavy atom. The van der Waals surface area contributed by atoms with Crippen LogP contribution in [0.3, 0.4) is 0 Å². The summed E-state index contributed by atoms with van der Waals surface area (Å²) in [6.45, 7) is 7.61. The Labute approximate surface area is 313 Å². The Hall–Kier alpha value is -8.72. The fraction of sp³-hybridized carbons (Fsp3) is 0. The smallest absolute Gasteiger partial charge is 0.336 e. The van der Waals surface area contributed by atoms with Gasteiger partial charge in [-0.3, -0.25) is 0 Å². The van der Waals surface area contributed by atoms with Gasteiger partial charge in [-0.25, -0.2) is 24.0 Å². The number of carboxylic acid groups (broad SMARTS) is 5. The minimum Gasteiger partial charge on any atom is -0.491 e. The number of aromatic carboxylic acids is 5. The van der Waals surface area contributed by atoms with Gasteiger partial charge in [0.15, 0.2) is 5.69 Å². The van der Waals surface area contributed by atoms with Gasteiger partial charge in [-0.15, -0.1) is 15.3 Å². The molecule has 0 unspecified atom stereocenters. The van der Waals surface area contributed by atoms with Crippen molar-refractivity contribution in [2.45, 2.75) is 0 Å². The van der Waals surface area contributed by atoms with Crippen molar-refractivity contribution in [1.29, 1.82) is 0 Å². The lowest BCUT2D eigenvalue weighted by molar-refractivity contribution is 0.0676. The number of nitrogens with zero attached hydrogens (tertiary/aromatic N) is 10. The Bertz CT molecular complexity index is 2540. The standard InChI is InChI=1S/C32H18N12O11S/c1-33-21-20(39-41-32-42-40-22(56-32)18-4-2-3-5-19(18)28(54)55)23(45)44(43-21)31-37-29(34-16-8-12(24(46)47)6-13(9-16)25(48)49)36-30(38-31)35-17-10-14(26(50)51)7-15(11-17)27(52)53/h2-11,45H,(H,46,47)(H,48,49)(H,50,51)(H,52,53)(H,54,55)(H2,34,35,36,37,38). The molecule has 0 bridgehead atoms. The van der Waals surface area contributed by atoms with Crippen LogP contribution in [-0.4, -0.2) is 95.4 Å². The topological polar surface area (TPSA) is 342 Å². The van der Waals surface area contributed by atoms with Crippen LogP contribution in [0.15, 0.2) is 70.9 Å². The average molecular weight is 779 g/mol. The third-order valence-electron chi connectivity index (χ3n) is 7.14. The van der Waals surface area contributed by atoms with E-state index in [1.54, 1.807) is 6.07 Å². The van der Waals surface area contributed by atoms with E-state index >= 15 is 0 Å². The number of aromatic nitrogens is 7. The minimum atomic E-state index is -1.47. The van der Waals surface area contributed by atoms with Crippen LogP contribution < -0.4 is 10.6 Å². The molecule has 0 saturated carbocycles. The fourth-order valence-electron chi connectivity index (χ4n) is 4.73. The van der Waals surface area contributed by atoms with E-state index in [1.807, 2.05) is 0 Å². The number of rotatable bonds is 13. The molecule has 0 radical (unpaired) electrons. The molecular formula is C32H18N12O11S. The number of carboxylic acids is 5. The van der Waals surface area contributed by atoms with E-state index in [0.29, 0.717) is 4.68 Å². The molecule has 8 N–H and O–H groups in total. The Morgan fingerprint density at radius 3 is 1.70 bits per heavy atom. The van der Waals surface area contributed by atoms with Crippen LogP contribution in [0.1, 0.15) is 51.8 Å². The lowest BCUT2D eigenvalue weighted by atomic mass is 10.1. The summed E-state index contributed by atoms with van der Waals surface area (Å²) >= 11 is 0.847. The van der Waals surface area contributed by atoms with E-state index in [-0.39, 0.29) is 32.6 Å². The second-order valence-corrected chi connectivity index (χ2v) is 11.8. The van der Waals surface area contributed by atoms with E-state index in [1.165, 1.54) is 18.2 Å². The van der Waals surface area contributed by atoms with Crippen LogP contribution in [0.4, 0.5) is 39.9 Å². The van der Waals surface area contributed by atoms with Crippen molar-refractivity contribution < 1.29 is 54.6 Å². The first kappa shape index (κ1) is 37.1. The van der Waals surface area contributed by atoms with Crippen LogP contribution in [0, 0.1) is 6.57 Å². The molecule has 0 fully saturated rings. The first-order chi connectivity index (χ1) is 26.7. The number of nitrogens with one attached hydrogen (secondary N) is 2. The Kier molecular flexibility index (Phi) is 9.99. The number of anilines is 4. The summed E-state index contributed by atoms with van der Waals surface area (Å²) in [5.41, 5.74) is -2.30. The highest BCUT2D eigenvalue weighted by atomic mass is 32.1. The summed E-state index contributed by atoms with van der Waals surface area (Å²) in [5, 5.41) is 83.7. The highest BCUT2D eigenvalue weighted by molar-refractivity contribution is 7.18. The SMILES string of the molecule is [C-]#[N+]c1nn(-c2nc(Nc3cc(C(=O)O)cc(C(=O)O)c3)nc(Nc3cc(C(=O)O)cc(C(=O)O)c3)n2)c(O)c1N=Nc1nnc(-c2ccccc2C(=O)O)s1. The molecule has 0 spiro atoms. The van der Waals surface area contributed by atoms with Gasteiger partial charge in [0.1, 0.15) is 5.01 Å². The molecule has 3 aromatic carbocycles. The van der Waals surface area contributed by atoms with Crippen molar-refractivity contribution in [3.05, 3.63) is 99.9 Å². The van der Waals surface area contributed by atoms with E-state index < -0.39 is 87.3 Å². The van der Waals surface area contributed by atoms with E-state index in [4.69, 9.17) is 6.57 Å². The zero-order chi connectivity index (χ0) is 40.3. The molecule has 0 amide bonds. The molecule has 3 aromatic heterocycles. The number of hydrogen-bond donors (Lipinski definition) is 8. The number of aromatic hydroxyl groups is 1. The van der Waals surface area contributed by atoms with Crippen molar-refractivity contribution in [1.82, 2.24) is 34.9 Å². The molecule has 0 aliphatic rings. The molecule has 278 valence electrons. The van der Waals surface area contributed by atoms with Crippen molar-refractivity contribution in [3.8, 4) is 22.4 Å². The molecular weight excluding hydrogens is 760 g/mol. The molecule has 6 aromatic rings. The monoisotopic (exact) mass is 778 g/mol. The zero-order valence-electron chi connectivity index (χ0n) is 27.4. The molecule has 24 heteroatoms. The van der Waals surface area contributed by atoms with Gasteiger partial charge in [0.05, 0.1) is 27.8 Å². The quantitative estimate of drug-likeness (QED) is 0.0549. The van der Waals surface area contributed by atoms with E-state index in [9.17, 15) is 54.6 Å². The van der Waals surface area contributed by atoms with Gasteiger partial charge in [0, 0.05) is 16.9 Å². The van der Waals surface area contributed by atoms with Gasteiger partial charge in [-0.2, -0.15) is 20.1 Å². The van der Waals surface area contributed by atoms with Crippen molar-refractivity contribution in [2.75, 3.05) is 10.6 Å². The number of benzene rings is 3. The normalized spacial score (nSPS) is 10.8. The summed E-state index contributed by atoms with van der Waals surface area (Å²) in [4.78, 5) is 74.2. The van der Waals surface area contributed by atoms with Crippen LogP contribution in [0.2, 0.25) is 0 Å². The van der Waals surface area contributed by atoms with Crippen molar-refractivity contribution >= 4 is 81.1 Å². The van der Waals surface area contributed by atoms with Crippen LogP contribution >= 0.6 is 11.3 Å². The minimum absolute atomic E-state index is 0.0461. The highest BCUT2D eigenvalue weighted by Crippen LogP contribution is 2.40. The first-order valence-corrected chi connectivity index (χ1v) is 15.8. The predicted octanol–water partition coefficient (Wildman–Crippen LogP) is 5.23. The van der Waals surface area contributed by atoms with Gasteiger partial charge >= 0.3 is 35.7 Å². The van der Waals surface area contributed by atoms with E-state index in [2.05, 4.69) is 56.0 Å². The molecule has 56 heavy (non-hydrogen) atoms. The Balaban J connectivity index is 1.43. The number of carbonyl (C=O) groups is 5. The maximum absolute atomic E-state index is 11.7. The van der Waals surface area contributed by atoms with Gasteiger partial charge in [-0.05, 0) is 47.6 Å². The maximum atomic E-state index is 11.7. The van der Waals surface area contributed by atoms with Crippen LogP contribution in [-0.2, 0) is 0 Å². The largest absolute Gasteiger partial charge is 0.491 e. The number of azo groups is 1. The first-order valence-electron chi connectivity index (χ1n) is 15.0. The third kappa shape index (κ3) is 7.86. The molecule has 3 heterocycles. The van der Waals surface area contributed by atoms with Gasteiger partial charge in [-0.1, -0.05) is 40.8 Å². The van der Waals surface area contributed by atoms with Crippen LogP contribution in [0.5, 0.6) is 5.88 Å². The summed E-state index contributed by atoms with van der Waals surface area (Å²) in [6.07, 6.45) is 0. The second-order valence-electron chi connectivity index (χ2n) is 10.8. The molecule has 0 aliphatic carbocycles. The summed E-state index contributed by atoms with van der Waals surface area (Å²) in [7, 11) is 0. The molecule has 6 rings (SSSR count). The molecule has 0 atom stereocenters. The summed E-state index contributed by atoms with van der Waals surface area (Å²) in [6, 6.07) is 12.0. The predicted molar refractivity (Wildman–Crippen MR) is 189 cm³/mol. The van der Waals surface area contributed by atoms with Gasteiger partial charge < -0.3 is 46.1 Å². The van der Waals surface area contributed by atoms with Crippen molar-refractivity contribution in [3.63, 3.8) is 0 Å². The van der Waals surface area contributed by atoms with Crippen molar-refractivity contribution in [2.24, 2.45) is 10.2 Å². The zero-order valence-corrected chi connectivity index (χ0v) is 28.2. The van der Waals surface area contributed by atoms with Crippen LogP contribution in [0.25, 0.3) is 21.4 Å². The lowest BCUT2D eigenvalue weighted by Crippen LogP contribution is -2.11. The number of hydrogen-bond acceptors (Lipinski definition) is 17. The second kappa shape index (κ2) is 15.1. The molecule has 0 aliphatic heterocycles. The summed E-state index contributed by atoms with van der Waals surface area (Å²) < 4.78 is 0.626.